The molecule has 0 aliphatic rings. The summed E-state index contributed by atoms with van der Waals surface area (Å²) in [5, 5.41) is 20.0. The summed E-state index contributed by atoms with van der Waals surface area (Å²) in [5.74, 6) is 3.55. The molecule has 722 valence electrons. The molecule has 0 spiro atoms. The number of aldehydes is 2. The van der Waals surface area contributed by atoms with Gasteiger partial charge in [0.2, 0.25) is 0 Å². The lowest BCUT2D eigenvalue weighted by atomic mass is 9.80. The zero-order chi connectivity index (χ0) is 102. The van der Waals surface area contributed by atoms with Gasteiger partial charge in [-0.3, -0.25) is 9.59 Å². The number of methoxy groups -OCH3 is 4. The van der Waals surface area contributed by atoms with E-state index in [1.165, 1.54) is 126 Å². The monoisotopic (exact) mass is 1840 g/mol. The number of benzene rings is 17. The fourth-order valence-corrected chi connectivity index (χ4v) is 17.7. The predicted octanol–water partition coefficient (Wildman–Crippen LogP) is 37.0. The first-order valence-electron chi connectivity index (χ1n) is 48.9. The van der Waals surface area contributed by atoms with E-state index in [9.17, 15) is 9.59 Å². The summed E-state index contributed by atoms with van der Waals surface area (Å²) in [6.07, 6.45) is 1.87. The van der Waals surface area contributed by atoms with Gasteiger partial charge in [-0.15, -0.1) is 0 Å². The van der Waals surface area contributed by atoms with Crippen LogP contribution in [-0.4, -0.2) is 41.0 Å². The minimum Gasteiger partial charge on any atom is -0.496 e. The van der Waals surface area contributed by atoms with Crippen LogP contribution in [0.25, 0.3) is 86.2 Å². The SMILES string of the molecule is CC(C)(C)c1c(C=O)ccc2ccccc12.CC(C)(C)c1ccc2ccccc2c1.CC(C)(C)c1cccc2ccccc12.COc1cc(C(C)(C)C)c(OC)c2ccccc12.COc1cc(C=O)c(C(C)(C)C)c2ccc(C)cc12.COc1ccc(C(C)(C)C)c2ccccc12.Cc1ccc(C(C)(C)C)cc1.Cc1ccc2c(C(C)(C)C)cccc2c1.Cc1ccc2cc(C(C)(C)C)ccc2c1. The van der Waals surface area contributed by atoms with Gasteiger partial charge in [0.05, 0.1) is 28.4 Å². The quantitative estimate of drug-likeness (QED) is 0.155. The molecule has 6 nitrogen and oxygen atoms in total. The van der Waals surface area contributed by atoms with E-state index >= 15 is 0 Å². The highest BCUT2D eigenvalue weighted by molar-refractivity contribution is 6.00. The van der Waals surface area contributed by atoms with E-state index in [0.29, 0.717) is 5.56 Å². The van der Waals surface area contributed by atoms with Gasteiger partial charge >= 0.3 is 0 Å². The lowest BCUT2D eigenvalue weighted by Gasteiger charge is -2.24. The number of rotatable bonds is 6. The summed E-state index contributed by atoms with van der Waals surface area (Å²) in [4.78, 5) is 22.5. The lowest BCUT2D eigenvalue weighted by molar-refractivity contribution is 0.111. The lowest BCUT2D eigenvalue weighted by Crippen LogP contribution is -2.15. The summed E-state index contributed by atoms with van der Waals surface area (Å²) in [6.45, 7) is 68.3. The maximum Gasteiger partial charge on any atom is 0.150 e. The fourth-order valence-electron chi connectivity index (χ4n) is 17.7. The van der Waals surface area contributed by atoms with Crippen LogP contribution in [0.2, 0.25) is 0 Å². The van der Waals surface area contributed by atoms with Crippen LogP contribution >= 0.6 is 0 Å². The van der Waals surface area contributed by atoms with E-state index in [4.69, 9.17) is 18.9 Å². The first-order chi connectivity index (χ1) is 64.5. The van der Waals surface area contributed by atoms with E-state index in [1.807, 2.05) is 42.5 Å². The fraction of sp³-hybridized carbons (Fsp3) is 0.333. The second-order valence-corrected chi connectivity index (χ2v) is 45.9. The second kappa shape index (κ2) is 45.8. The van der Waals surface area contributed by atoms with Crippen LogP contribution in [0.3, 0.4) is 0 Å². The van der Waals surface area contributed by atoms with E-state index in [-0.39, 0.29) is 48.7 Å². The van der Waals surface area contributed by atoms with Crippen molar-refractivity contribution in [3.63, 3.8) is 0 Å². The van der Waals surface area contributed by atoms with Gasteiger partial charge < -0.3 is 18.9 Å². The Bertz CT molecular complexity index is 6980. The maximum absolute atomic E-state index is 11.4. The van der Waals surface area contributed by atoms with Gasteiger partial charge in [-0.05, 0) is 210 Å². The number of hydrogen-bond donors (Lipinski definition) is 0. The number of fused-ring (bicyclic) bond motifs is 8. The highest BCUT2D eigenvalue weighted by Crippen LogP contribution is 2.44. The maximum atomic E-state index is 11.4. The van der Waals surface area contributed by atoms with E-state index in [2.05, 4.69) is 482 Å². The molecule has 17 aromatic carbocycles. The van der Waals surface area contributed by atoms with Crippen molar-refractivity contribution in [3.05, 3.63) is 393 Å². The molecule has 17 aromatic rings. The van der Waals surface area contributed by atoms with Crippen LogP contribution in [-0.2, 0) is 48.7 Å². The summed E-state index contributed by atoms with van der Waals surface area (Å²) in [7, 11) is 6.80. The molecule has 0 bridgehead atoms. The van der Waals surface area contributed by atoms with Crippen molar-refractivity contribution in [2.75, 3.05) is 28.4 Å². The number of carbonyl (C=O) groups is 2. The van der Waals surface area contributed by atoms with Crippen LogP contribution in [0.1, 0.15) is 280 Å². The van der Waals surface area contributed by atoms with Crippen molar-refractivity contribution < 1.29 is 28.5 Å². The van der Waals surface area contributed by atoms with Gasteiger partial charge in [0.25, 0.3) is 0 Å². The molecule has 0 unspecified atom stereocenters. The average molecular weight is 1840 g/mol. The standard InChI is InChI=1S/C17H20O2.C16H20O2.C15H18O.C15H16O.2C15H18.2C14H16.C11H16/c1-11-6-7-13-14(8-11)15(19-5)9-12(10-18)16(13)17(2,3)4;1-16(2,3)13-10-14(17-4)11-8-6-7-9-12(11)15(13)18-5;1-15(2,3)13-9-10-14(16-4)12-8-6-5-7-11(12)13;1-15(2,3)14-12(10-16)9-8-11-6-4-5-7-13(11)14;1-11-5-6-13-10-14(15(2,3)4)8-7-12(13)9-11;1-11-8-9-13-12(10-11)6-5-7-14(13)15(2,3)4;1-14(2,3)13-10-6-8-11-7-4-5-9-12(11)13;1-14(2,3)13-9-8-11-6-4-5-7-12(11)10-13;1-9-5-7-10(8-6-9)11(2,3)4/h6-10H,1-5H3;6-10H,1-5H3;5-10H,1-4H3;4-10H,1-3H3;2*5-10H,1-4H3;2*4-10H,1-3H3;5-8H,1-4H3. The predicted molar refractivity (Wildman–Crippen MR) is 602 cm³/mol. The third kappa shape index (κ3) is 28.8. The van der Waals surface area contributed by atoms with Gasteiger partial charge in [0.1, 0.15) is 29.3 Å². The smallest absolute Gasteiger partial charge is 0.150 e. The molecule has 138 heavy (non-hydrogen) atoms. The van der Waals surface area contributed by atoms with Gasteiger partial charge in [0, 0.05) is 38.2 Å². The summed E-state index contributed by atoms with van der Waals surface area (Å²) in [5.41, 5.74) is 19.8. The third-order valence-corrected chi connectivity index (χ3v) is 25.2. The summed E-state index contributed by atoms with van der Waals surface area (Å²) in [6, 6.07) is 109. The number of carbonyl (C=O) groups excluding carboxylic acids is 2. The van der Waals surface area contributed by atoms with Crippen LogP contribution in [0, 0.1) is 27.7 Å². The Morgan fingerprint density at radius 3 is 1.00 bits per heavy atom. The molecule has 0 aliphatic heterocycles. The first-order valence-corrected chi connectivity index (χ1v) is 48.9. The van der Waals surface area contributed by atoms with E-state index in [1.54, 1.807) is 28.4 Å². The molecule has 0 N–H and O–H groups in total. The van der Waals surface area contributed by atoms with Crippen LogP contribution in [0.4, 0.5) is 0 Å². The molecule has 0 aromatic heterocycles. The Balaban J connectivity index is 0.000000174. The molecule has 0 saturated carbocycles. The molecule has 0 atom stereocenters. The van der Waals surface area contributed by atoms with Crippen molar-refractivity contribution in [2.24, 2.45) is 0 Å². The zero-order valence-electron chi connectivity index (χ0n) is 90.0. The summed E-state index contributed by atoms with van der Waals surface area (Å²) < 4.78 is 22.0. The number of hydrogen-bond acceptors (Lipinski definition) is 6. The number of ether oxygens (including phenoxy) is 4. The van der Waals surface area contributed by atoms with Gasteiger partial charge in [0.15, 0.2) is 6.29 Å². The minimum atomic E-state index is -0.0873. The molecule has 0 aliphatic carbocycles. The molecular formula is C132H158O6. The zero-order valence-corrected chi connectivity index (χ0v) is 90.0. The number of aryl methyl sites for hydroxylation is 4. The van der Waals surface area contributed by atoms with Gasteiger partial charge in [-0.1, -0.05) is 494 Å². The van der Waals surface area contributed by atoms with Gasteiger partial charge in [-0.2, -0.15) is 0 Å². The van der Waals surface area contributed by atoms with Crippen molar-refractivity contribution >= 4 is 98.8 Å². The largest absolute Gasteiger partial charge is 0.496 e. The van der Waals surface area contributed by atoms with Crippen molar-refractivity contribution in [1.29, 1.82) is 0 Å². The van der Waals surface area contributed by atoms with Crippen molar-refractivity contribution in [2.45, 2.75) is 263 Å². The molecule has 0 radical (unpaired) electrons. The highest BCUT2D eigenvalue weighted by Gasteiger charge is 2.28. The highest BCUT2D eigenvalue weighted by atomic mass is 16.5. The molecule has 0 heterocycles. The normalized spacial score (nSPS) is 11.8. The Labute approximate surface area is 829 Å². The molecule has 17 rings (SSSR count). The topological polar surface area (TPSA) is 71.1 Å². The first kappa shape index (κ1) is 109. The van der Waals surface area contributed by atoms with Gasteiger partial charge in [-0.25, -0.2) is 0 Å². The minimum absolute atomic E-state index is 0.0165. The average Bonchev–Trinajstić information content (AvgIpc) is 0.773. The van der Waals surface area contributed by atoms with E-state index in [0.717, 1.165) is 73.8 Å². The van der Waals surface area contributed by atoms with Crippen LogP contribution in [0.5, 0.6) is 23.0 Å². The molecule has 6 heteroatoms. The Hall–Kier alpha value is -12.6. The molecule has 0 saturated heterocycles. The van der Waals surface area contributed by atoms with Crippen LogP contribution in [0.15, 0.2) is 309 Å². The summed E-state index contributed by atoms with van der Waals surface area (Å²) >= 11 is 0. The van der Waals surface area contributed by atoms with Crippen LogP contribution < -0.4 is 18.9 Å². The molecular weight excluding hydrogens is 1680 g/mol. The second-order valence-electron chi connectivity index (χ2n) is 45.9. The van der Waals surface area contributed by atoms with Crippen molar-refractivity contribution in [1.82, 2.24) is 0 Å². The molecule has 0 amide bonds. The Morgan fingerprint density at radius 1 is 0.188 bits per heavy atom. The van der Waals surface area contributed by atoms with Crippen molar-refractivity contribution in [3.8, 4) is 23.0 Å². The molecule has 0 fully saturated rings. The Morgan fingerprint density at radius 2 is 0.522 bits per heavy atom. The third-order valence-electron chi connectivity index (χ3n) is 25.2. The Kier molecular flexibility index (Phi) is 36.1. The van der Waals surface area contributed by atoms with E-state index < -0.39 is 0 Å².